The molecule has 33 heavy (non-hydrogen) atoms. The lowest BCUT2D eigenvalue weighted by Crippen LogP contribution is -2.31. The number of amides is 1. The van der Waals surface area contributed by atoms with E-state index in [2.05, 4.69) is 33.2 Å². The van der Waals surface area contributed by atoms with E-state index in [1.54, 1.807) is 48.5 Å². The van der Waals surface area contributed by atoms with Gasteiger partial charge in [0.25, 0.3) is 15.9 Å². The molecule has 1 aliphatic carbocycles. The molecule has 0 radical (unpaired) electrons. The first-order chi connectivity index (χ1) is 15.8. The zero-order valence-electron chi connectivity index (χ0n) is 17.6. The summed E-state index contributed by atoms with van der Waals surface area (Å²) in [6.45, 7) is 0. The first kappa shape index (κ1) is 23.8. The molecule has 4 rings (SSSR count). The minimum absolute atomic E-state index is 0.104. The number of sulfonamides is 1. The summed E-state index contributed by atoms with van der Waals surface area (Å²) >= 11 is 8.54. The fourth-order valence-corrected chi connectivity index (χ4v) is 5.61. The fourth-order valence-electron chi connectivity index (χ4n) is 3.26. The van der Waals surface area contributed by atoms with Crippen molar-refractivity contribution in [3.63, 3.8) is 0 Å². The molecule has 1 fully saturated rings. The van der Waals surface area contributed by atoms with Crippen LogP contribution in [0.25, 0.3) is 0 Å². The zero-order valence-corrected chi connectivity index (χ0v) is 21.3. The van der Waals surface area contributed by atoms with E-state index in [1.807, 2.05) is 6.07 Å². The van der Waals surface area contributed by atoms with Crippen LogP contribution >= 0.6 is 34.2 Å². The Bertz CT molecular complexity index is 1280. The average Bonchev–Trinajstić information content (AvgIpc) is 3.60. The third-order valence-electron chi connectivity index (χ3n) is 5.00. The van der Waals surface area contributed by atoms with E-state index in [0.717, 1.165) is 20.9 Å². The smallest absolute Gasteiger partial charge is 0.288 e. The Morgan fingerprint density at radius 1 is 1.09 bits per heavy atom. The monoisotopic (exact) mass is 597 g/mol. The largest absolute Gasteiger partial charge is 0.353 e. The highest BCUT2D eigenvalue weighted by Gasteiger charge is 2.32. The molecule has 1 saturated carbocycles. The van der Waals surface area contributed by atoms with Gasteiger partial charge in [0, 0.05) is 9.61 Å². The van der Waals surface area contributed by atoms with E-state index in [-0.39, 0.29) is 28.1 Å². The van der Waals surface area contributed by atoms with E-state index in [0.29, 0.717) is 16.4 Å². The Hall–Kier alpha value is -2.34. The van der Waals surface area contributed by atoms with Gasteiger partial charge in [0.15, 0.2) is 0 Å². The van der Waals surface area contributed by atoms with Crippen molar-refractivity contribution >= 4 is 67.2 Å². The molecule has 7 nitrogen and oxygen atoms in total. The van der Waals surface area contributed by atoms with Gasteiger partial charge in [-0.25, -0.2) is 0 Å². The maximum atomic E-state index is 13.7. The predicted molar refractivity (Wildman–Crippen MR) is 137 cm³/mol. The van der Waals surface area contributed by atoms with Crippen molar-refractivity contribution in [1.82, 2.24) is 5.32 Å². The van der Waals surface area contributed by atoms with Gasteiger partial charge in [0.1, 0.15) is 4.90 Å². The van der Waals surface area contributed by atoms with Gasteiger partial charge in [-0.2, -0.15) is 8.42 Å². The first-order valence-corrected chi connectivity index (χ1v) is 13.0. The van der Waals surface area contributed by atoms with Crippen molar-refractivity contribution in [2.45, 2.75) is 23.8 Å². The van der Waals surface area contributed by atoms with Gasteiger partial charge in [-0.3, -0.25) is 9.63 Å². The zero-order chi connectivity index (χ0) is 23.6. The lowest BCUT2D eigenvalue weighted by Gasteiger charge is -2.24. The molecule has 3 aromatic rings. The summed E-state index contributed by atoms with van der Waals surface area (Å²) in [7, 11) is -2.95. The number of nitrogens with one attached hydrogen (secondary N) is 2. The molecule has 10 heteroatoms. The number of anilines is 3. The Morgan fingerprint density at radius 3 is 2.45 bits per heavy atom. The third-order valence-corrected chi connectivity index (χ3v) is 7.68. The van der Waals surface area contributed by atoms with Gasteiger partial charge < -0.3 is 10.6 Å². The number of rotatable bonds is 8. The van der Waals surface area contributed by atoms with Crippen LogP contribution < -0.4 is 15.1 Å². The summed E-state index contributed by atoms with van der Waals surface area (Å²) in [5.74, 6) is -0.359. The van der Waals surface area contributed by atoms with Crippen LogP contribution in [0.15, 0.2) is 71.6 Å². The van der Waals surface area contributed by atoms with Crippen molar-refractivity contribution in [3.8, 4) is 0 Å². The Morgan fingerprint density at radius 2 is 1.82 bits per heavy atom. The summed E-state index contributed by atoms with van der Waals surface area (Å²) < 4.78 is 29.2. The molecule has 1 aliphatic rings. The number of carbonyl (C=O) groups excluding carboxylic acids is 1. The quantitative estimate of drug-likeness (QED) is 0.271. The van der Waals surface area contributed by atoms with E-state index < -0.39 is 10.0 Å². The Kier molecular flexibility index (Phi) is 7.13. The summed E-state index contributed by atoms with van der Waals surface area (Å²) in [6.07, 6.45) is 1.81. The predicted octanol–water partition coefficient (Wildman–Crippen LogP) is 5.34. The molecule has 0 aromatic heterocycles. The van der Waals surface area contributed by atoms with Crippen LogP contribution in [0.2, 0.25) is 5.02 Å². The van der Waals surface area contributed by atoms with Crippen LogP contribution in [0.3, 0.4) is 0 Å². The summed E-state index contributed by atoms with van der Waals surface area (Å²) in [6, 6.07) is 18.4. The van der Waals surface area contributed by atoms with Crippen LogP contribution in [-0.4, -0.2) is 27.5 Å². The molecule has 0 aliphatic heterocycles. The number of benzene rings is 3. The molecule has 0 heterocycles. The number of carbonyl (C=O) groups is 1. The lowest BCUT2D eigenvalue weighted by molar-refractivity contribution is 0.0951. The molecule has 172 valence electrons. The molecular formula is C23H21ClIN3O4S. The van der Waals surface area contributed by atoms with Gasteiger partial charge in [-0.05, 0) is 77.9 Å². The first-order valence-electron chi connectivity index (χ1n) is 10.1. The summed E-state index contributed by atoms with van der Waals surface area (Å²) in [4.78, 5) is 18.2. The molecule has 0 unspecified atom stereocenters. The van der Waals surface area contributed by atoms with Crippen molar-refractivity contribution in [1.29, 1.82) is 0 Å². The summed E-state index contributed by atoms with van der Waals surface area (Å²) in [5, 5.41) is 6.41. The lowest BCUT2D eigenvalue weighted by atomic mass is 10.1. The van der Waals surface area contributed by atoms with E-state index in [9.17, 15) is 13.2 Å². The number of para-hydroxylation sites is 2. The normalized spacial score (nSPS) is 13.4. The Balaban J connectivity index is 1.85. The highest BCUT2D eigenvalue weighted by molar-refractivity contribution is 14.1. The highest BCUT2D eigenvalue weighted by atomic mass is 127. The SMILES string of the molecule is CON(c1ccccc1)S(=O)(=O)c1cccc(C(=O)NC2CC2)c1Nc1ccc(I)cc1Cl. The standard InChI is InChI=1S/C23H21ClIN3O4S/c1-32-28(17-6-3-2-4-7-17)33(30,31)21-9-5-8-18(23(29)26-16-11-12-16)22(21)27-20-13-10-15(25)14-19(20)24/h2-10,13-14,16,27H,11-12H2,1H3,(H,26,29). The molecule has 0 spiro atoms. The van der Waals surface area contributed by atoms with Gasteiger partial charge in [0.2, 0.25) is 0 Å². The van der Waals surface area contributed by atoms with Crippen molar-refractivity contribution in [2.75, 3.05) is 16.9 Å². The topological polar surface area (TPSA) is 87.7 Å². The minimum Gasteiger partial charge on any atom is -0.353 e. The second kappa shape index (κ2) is 9.88. The average molecular weight is 598 g/mol. The number of halogens is 2. The highest BCUT2D eigenvalue weighted by Crippen LogP contribution is 2.36. The molecule has 0 atom stereocenters. The van der Waals surface area contributed by atoms with Crippen LogP contribution in [0.5, 0.6) is 0 Å². The van der Waals surface area contributed by atoms with Crippen molar-refractivity contribution < 1.29 is 18.0 Å². The number of hydrogen-bond donors (Lipinski definition) is 2. The van der Waals surface area contributed by atoms with Crippen molar-refractivity contribution in [3.05, 3.63) is 80.9 Å². The molecule has 0 saturated heterocycles. The third kappa shape index (κ3) is 5.26. The van der Waals surface area contributed by atoms with Gasteiger partial charge in [0.05, 0.1) is 34.8 Å². The second-order valence-corrected chi connectivity index (χ2v) is 10.8. The van der Waals surface area contributed by atoms with Gasteiger partial charge in [-0.1, -0.05) is 35.9 Å². The van der Waals surface area contributed by atoms with E-state index >= 15 is 0 Å². The summed E-state index contributed by atoms with van der Waals surface area (Å²) in [5.41, 5.74) is 1.12. The maximum absolute atomic E-state index is 13.7. The fraction of sp³-hybridized carbons (Fsp3) is 0.174. The van der Waals surface area contributed by atoms with Crippen LogP contribution in [0.4, 0.5) is 17.1 Å². The number of hydrogen-bond acceptors (Lipinski definition) is 5. The molecular weight excluding hydrogens is 577 g/mol. The molecule has 1 amide bonds. The van der Waals surface area contributed by atoms with E-state index in [1.165, 1.54) is 19.2 Å². The molecule has 2 N–H and O–H groups in total. The second-order valence-electron chi connectivity index (χ2n) is 7.43. The number of nitrogens with zero attached hydrogens (tertiary/aromatic N) is 1. The maximum Gasteiger partial charge on any atom is 0.288 e. The van der Waals surface area contributed by atoms with E-state index in [4.69, 9.17) is 16.4 Å². The Labute approximate surface area is 211 Å². The van der Waals surface area contributed by atoms with Crippen LogP contribution in [0.1, 0.15) is 23.2 Å². The molecule has 3 aromatic carbocycles. The van der Waals surface area contributed by atoms with Gasteiger partial charge in [-0.15, -0.1) is 4.47 Å². The minimum atomic E-state index is -4.22. The molecule has 0 bridgehead atoms. The van der Waals surface area contributed by atoms with Crippen molar-refractivity contribution in [2.24, 2.45) is 0 Å². The van der Waals surface area contributed by atoms with Crippen LogP contribution in [-0.2, 0) is 14.9 Å². The van der Waals surface area contributed by atoms with Crippen LogP contribution in [0, 0.1) is 3.57 Å². The van der Waals surface area contributed by atoms with Gasteiger partial charge >= 0.3 is 0 Å².